The second-order valence-electron chi connectivity index (χ2n) is 8.53. The van der Waals surface area contributed by atoms with E-state index in [1.165, 1.54) is 0 Å². The van der Waals surface area contributed by atoms with Crippen molar-refractivity contribution in [3.63, 3.8) is 0 Å². The second-order valence-corrected chi connectivity index (χ2v) is 8.53. The Hall–Kier alpha value is -3.00. The van der Waals surface area contributed by atoms with E-state index < -0.39 is 0 Å². The van der Waals surface area contributed by atoms with Crippen molar-refractivity contribution in [2.75, 3.05) is 51.6 Å². The smallest absolute Gasteiger partial charge is 0.153 e. The number of aliphatic imine (C=N–C) groups is 1. The van der Waals surface area contributed by atoms with E-state index in [0.717, 1.165) is 85.9 Å². The fourth-order valence-corrected chi connectivity index (χ4v) is 4.44. The van der Waals surface area contributed by atoms with E-state index >= 15 is 0 Å². The highest BCUT2D eigenvalue weighted by Gasteiger charge is 2.26. The molecule has 2 aliphatic heterocycles. The van der Waals surface area contributed by atoms with Gasteiger partial charge in [-0.15, -0.1) is 0 Å². The molecule has 0 bridgehead atoms. The van der Waals surface area contributed by atoms with Crippen molar-refractivity contribution in [2.24, 2.45) is 10.7 Å². The highest BCUT2D eigenvalue weighted by atomic mass is 15.3. The molecule has 0 aliphatic carbocycles. The number of nitrogens with two attached hydrogens (primary N) is 1. The molecular weight excluding hydrogens is 388 g/mol. The van der Waals surface area contributed by atoms with Crippen molar-refractivity contribution >= 4 is 22.4 Å². The maximum atomic E-state index is 6.67. The molecule has 1 atom stereocenters. The Morgan fingerprint density at radius 1 is 1.26 bits per heavy atom. The van der Waals surface area contributed by atoms with E-state index in [1.807, 2.05) is 6.20 Å². The Balaban J connectivity index is 1.48. The summed E-state index contributed by atoms with van der Waals surface area (Å²) in [6.45, 7) is 11.8. The van der Waals surface area contributed by atoms with Crippen LogP contribution in [0.3, 0.4) is 0 Å². The van der Waals surface area contributed by atoms with Gasteiger partial charge >= 0.3 is 0 Å². The number of likely N-dealkylation sites (tertiary alicyclic amines) is 1. The molecule has 31 heavy (non-hydrogen) atoms. The summed E-state index contributed by atoms with van der Waals surface area (Å²) in [5.74, 6) is 0.836. The van der Waals surface area contributed by atoms with Crippen LogP contribution < -0.4 is 11.1 Å². The van der Waals surface area contributed by atoms with Gasteiger partial charge in [-0.2, -0.15) is 5.10 Å². The summed E-state index contributed by atoms with van der Waals surface area (Å²) in [4.78, 5) is 11.6. The highest BCUT2D eigenvalue weighted by Crippen LogP contribution is 2.22. The van der Waals surface area contributed by atoms with Crippen molar-refractivity contribution in [1.82, 2.24) is 24.9 Å². The quantitative estimate of drug-likeness (QED) is 0.507. The summed E-state index contributed by atoms with van der Waals surface area (Å²) in [6.07, 6.45) is 5.66. The number of piperazine rings is 1. The minimum absolute atomic E-state index is 0.324. The molecule has 1 aromatic carbocycles. The first-order valence-corrected chi connectivity index (χ1v) is 11.1. The molecule has 2 saturated heterocycles. The van der Waals surface area contributed by atoms with Gasteiger partial charge in [0, 0.05) is 68.3 Å². The standard InChI is InChI=1S/C23H34N8/c1-4-25-23(22(24)17(2)30-12-10-29(3)11-13-30)31-9-5-6-20(16-31)27-19-7-8-21-18(14-19)15-26-28-21/h4,7-8,14-15,20,27H,1,5-6,9-13,16,24H2,2-3H3,(H,26,28)/b22-17-,25-23?. The maximum Gasteiger partial charge on any atom is 0.153 e. The lowest BCUT2D eigenvalue weighted by atomic mass is 10.0. The molecule has 1 aromatic heterocycles. The SMILES string of the molecule is C=CN=C(/C(N)=C(\C)N1CCN(C)CC1)N1CCCC(Nc2ccc3[nH]ncc3c2)C1. The molecular formula is C23H34N8. The van der Waals surface area contributed by atoms with E-state index in [1.54, 1.807) is 6.20 Å². The van der Waals surface area contributed by atoms with E-state index in [-0.39, 0.29) is 0 Å². The number of rotatable bonds is 5. The number of hydrogen-bond donors (Lipinski definition) is 3. The first-order valence-electron chi connectivity index (χ1n) is 11.1. The number of nitrogens with one attached hydrogen (secondary N) is 2. The van der Waals surface area contributed by atoms with Crippen molar-refractivity contribution < 1.29 is 0 Å². The number of amidine groups is 1. The topological polar surface area (TPSA) is 88.8 Å². The van der Waals surface area contributed by atoms with E-state index in [2.05, 4.69) is 74.0 Å². The molecule has 0 radical (unpaired) electrons. The molecule has 0 saturated carbocycles. The average molecular weight is 423 g/mol. The largest absolute Gasteiger partial charge is 0.394 e. The molecule has 4 rings (SSSR count). The van der Waals surface area contributed by atoms with Crippen molar-refractivity contribution in [1.29, 1.82) is 0 Å². The molecule has 0 amide bonds. The number of piperidine rings is 1. The highest BCUT2D eigenvalue weighted by molar-refractivity contribution is 5.98. The van der Waals surface area contributed by atoms with Crippen LogP contribution in [-0.4, -0.2) is 83.1 Å². The number of aromatic nitrogens is 2. The summed E-state index contributed by atoms with van der Waals surface area (Å²) in [7, 11) is 2.16. The number of hydrogen-bond acceptors (Lipinski definition) is 6. The number of benzene rings is 1. The summed E-state index contributed by atoms with van der Waals surface area (Å²) in [5, 5.41) is 11.9. The Morgan fingerprint density at radius 2 is 2.06 bits per heavy atom. The van der Waals surface area contributed by atoms with Crippen LogP contribution in [0.4, 0.5) is 5.69 Å². The third-order valence-electron chi connectivity index (χ3n) is 6.35. The molecule has 2 aliphatic rings. The normalized spacial score (nSPS) is 21.9. The first-order chi connectivity index (χ1) is 15.0. The summed E-state index contributed by atoms with van der Waals surface area (Å²) < 4.78 is 0. The van der Waals surface area contributed by atoms with Crippen LogP contribution in [-0.2, 0) is 0 Å². The predicted octanol–water partition coefficient (Wildman–Crippen LogP) is 2.42. The monoisotopic (exact) mass is 422 g/mol. The van der Waals surface area contributed by atoms with Gasteiger partial charge in [0.2, 0.25) is 0 Å². The summed E-state index contributed by atoms with van der Waals surface area (Å²) in [5.41, 5.74) is 10.7. The molecule has 0 spiro atoms. The van der Waals surface area contributed by atoms with Crippen LogP contribution in [0.25, 0.3) is 10.9 Å². The van der Waals surface area contributed by atoms with Crippen LogP contribution in [0.15, 0.2) is 53.6 Å². The second kappa shape index (κ2) is 9.43. The Labute approximate surface area is 184 Å². The Morgan fingerprint density at radius 3 is 2.84 bits per heavy atom. The van der Waals surface area contributed by atoms with Gasteiger partial charge in [0.15, 0.2) is 5.84 Å². The van der Waals surface area contributed by atoms with Gasteiger partial charge in [0.05, 0.1) is 17.4 Å². The van der Waals surface area contributed by atoms with Crippen LogP contribution in [0.5, 0.6) is 0 Å². The molecule has 4 N–H and O–H groups in total. The zero-order valence-corrected chi connectivity index (χ0v) is 18.6. The van der Waals surface area contributed by atoms with Crippen LogP contribution in [0, 0.1) is 0 Å². The molecule has 166 valence electrons. The summed E-state index contributed by atoms with van der Waals surface area (Å²) in [6, 6.07) is 6.63. The average Bonchev–Trinajstić information content (AvgIpc) is 3.25. The number of fused-ring (bicyclic) bond motifs is 1. The van der Waals surface area contributed by atoms with Gasteiger partial charge < -0.3 is 25.8 Å². The number of H-pyrrole nitrogens is 1. The molecule has 2 aromatic rings. The lowest BCUT2D eigenvalue weighted by molar-refractivity contribution is 0.185. The first kappa shape index (κ1) is 21.2. The van der Waals surface area contributed by atoms with Crippen molar-refractivity contribution in [3.8, 4) is 0 Å². The minimum Gasteiger partial charge on any atom is -0.394 e. The summed E-state index contributed by atoms with van der Waals surface area (Å²) >= 11 is 0. The van der Waals surface area contributed by atoms with Gasteiger partial charge in [-0.25, -0.2) is 4.99 Å². The van der Waals surface area contributed by atoms with Crippen LogP contribution in [0.2, 0.25) is 0 Å². The maximum absolute atomic E-state index is 6.67. The minimum atomic E-state index is 0.324. The lowest BCUT2D eigenvalue weighted by Crippen LogP contribution is -2.48. The zero-order chi connectivity index (χ0) is 21.8. The van der Waals surface area contributed by atoms with Gasteiger partial charge in [0.25, 0.3) is 0 Å². The van der Waals surface area contributed by atoms with Gasteiger partial charge in [-0.3, -0.25) is 5.10 Å². The number of aromatic amines is 1. The van der Waals surface area contributed by atoms with Crippen molar-refractivity contribution in [3.05, 3.63) is 48.6 Å². The van der Waals surface area contributed by atoms with Gasteiger partial charge in [0.1, 0.15) is 0 Å². The number of anilines is 1. The van der Waals surface area contributed by atoms with Crippen LogP contribution >= 0.6 is 0 Å². The zero-order valence-electron chi connectivity index (χ0n) is 18.6. The molecule has 1 unspecified atom stereocenters. The molecule has 8 nitrogen and oxygen atoms in total. The third kappa shape index (κ3) is 4.85. The molecule has 3 heterocycles. The molecule has 2 fully saturated rings. The van der Waals surface area contributed by atoms with E-state index in [9.17, 15) is 0 Å². The predicted molar refractivity (Wildman–Crippen MR) is 128 cm³/mol. The Bertz CT molecular complexity index is 967. The van der Waals surface area contributed by atoms with Crippen LogP contribution in [0.1, 0.15) is 19.8 Å². The van der Waals surface area contributed by atoms with E-state index in [4.69, 9.17) is 5.73 Å². The number of nitrogens with zero attached hydrogens (tertiary/aromatic N) is 5. The van der Waals surface area contributed by atoms with Gasteiger partial charge in [-0.1, -0.05) is 6.58 Å². The Kier molecular flexibility index (Phi) is 6.46. The van der Waals surface area contributed by atoms with E-state index in [0.29, 0.717) is 6.04 Å². The number of likely N-dealkylation sites (N-methyl/N-ethyl adjacent to an activating group) is 1. The molecule has 8 heteroatoms. The lowest BCUT2D eigenvalue weighted by Gasteiger charge is -2.38. The fraction of sp³-hybridized carbons (Fsp3) is 0.478. The van der Waals surface area contributed by atoms with Crippen molar-refractivity contribution in [2.45, 2.75) is 25.8 Å². The fourth-order valence-electron chi connectivity index (χ4n) is 4.44. The number of allylic oxidation sites excluding steroid dienone is 1. The van der Waals surface area contributed by atoms with Gasteiger partial charge in [-0.05, 0) is 45.0 Å². The third-order valence-corrected chi connectivity index (χ3v) is 6.35.